The van der Waals surface area contributed by atoms with E-state index >= 15 is 0 Å². The van der Waals surface area contributed by atoms with E-state index in [1.807, 2.05) is 22.1 Å². The molecular formula is C21H21FN4O2S2. The van der Waals surface area contributed by atoms with Gasteiger partial charge in [0.25, 0.3) is 11.8 Å². The first-order valence-electron chi connectivity index (χ1n) is 9.92. The Morgan fingerprint density at radius 1 is 1.10 bits per heavy atom. The van der Waals surface area contributed by atoms with Gasteiger partial charge >= 0.3 is 0 Å². The number of carbonyl (C=O) groups excluding carboxylic acids is 2. The summed E-state index contributed by atoms with van der Waals surface area (Å²) in [5, 5.41) is 3.31. The highest BCUT2D eigenvalue weighted by Gasteiger charge is 2.38. The molecule has 0 radical (unpaired) electrons. The van der Waals surface area contributed by atoms with Crippen LogP contribution in [0, 0.1) is 12.7 Å². The van der Waals surface area contributed by atoms with E-state index in [-0.39, 0.29) is 17.6 Å². The summed E-state index contributed by atoms with van der Waals surface area (Å²) in [6.07, 6.45) is 1.66. The van der Waals surface area contributed by atoms with Gasteiger partial charge < -0.3 is 9.80 Å². The predicted molar refractivity (Wildman–Crippen MR) is 116 cm³/mol. The Morgan fingerprint density at radius 2 is 1.87 bits per heavy atom. The largest absolute Gasteiger partial charge is 0.335 e. The molecule has 0 N–H and O–H groups in total. The highest BCUT2D eigenvalue weighted by Crippen LogP contribution is 2.33. The quantitative estimate of drug-likeness (QED) is 0.623. The van der Waals surface area contributed by atoms with Crippen molar-refractivity contribution in [2.45, 2.75) is 13.0 Å². The summed E-state index contributed by atoms with van der Waals surface area (Å²) in [5.41, 5.74) is 0.928. The summed E-state index contributed by atoms with van der Waals surface area (Å²) in [5.74, 6) is -0.242. The zero-order chi connectivity index (χ0) is 20.8. The molecule has 2 aliphatic rings. The number of hydrogen-bond donors (Lipinski definition) is 0. The van der Waals surface area contributed by atoms with Crippen LogP contribution in [0.1, 0.15) is 25.0 Å². The topological polar surface area (TPSA) is 56.8 Å². The second-order valence-electron chi connectivity index (χ2n) is 7.73. The molecule has 3 aromatic rings. The molecule has 30 heavy (non-hydrogen) atoms. The Hall–Kier alpha value is -2.36. The number of thiophene rings is 1. The van der Waals surface area contributed by atoms with Crippen LogP contribution in [0.4, 0.5) is 4.39 Å². The van der Waals surface area contributed by atoms with Crippen LogP contribution in [0.2, 0.25) is 0 Å². The van der Waals surface area contributed by atoms with Crippen LogP contribution in [0.3, 0.4) is 0 Å². The molecule has 5 rings (SSSR count). The van der Waals surface area contributed by atoms with Crippen molar-refractivity contribution in [2.24, 2.45) is 0 Å². The SMILES string of the molecule is Cc1c(C(=O)N2CC(N3CCN(C(=O)c4nccs4)CC3)C2)sc2cc(F)ccc12. The van der Waals surface area contributed by atoms with Crippen LogP contribution < -0.4 is 0 Å². The maximum Gasteiger partial charge on any atom is 0.282 e. The number of aromatic nitrogens is 1. The van der Waals surface area contributed by atoms with Crippen LogP contribution in [-0.2, 0) is 0 Å². The van der Waals surface area contributed by atoms with Crippen LogP contribution in [0.5, 0.6) is 0 Å². The number of amides is 2. The fourth-order valence-electron chi connectivity index (χ4n) is 4.15. The highest BCUT2D eigenvalue weighted by molar-refractivity contribution is 7.21. The predicted octanol–water partition coefficient (Wildman–Crippen LogP) is 3.09. The fraction of sp³-hybridized carbons (Fsp3) is 0.381. The van der Waals surface area contributed by atoms with E-state index in [0.717, 1.165) is 28.7 Å². The normalized spacial score (nSPS) is 18.1. The fourth-order valence-corrected chi connectivity index (χ4v) is 5.96. The molecule has 0 unspecified atom stereocenters. The standard InChI is InChI=1S/C21H21FN4O2S2/c1-13-16-3-2-14(22)10-17(16)30-18(13)20(27)26-11-15(12-26)24-5-7-25(8-6-24)21(28)19-23-4-9-29-19/h2-4,9-10,15H,5-8,11-12H2,1H3. The highest BCUT2D eigenvalue weighted by atomic mass is 32.1. The lowest BCUT2D eigenvalue weighted by Gasteiger charge is -2.48. The van der Waals surface area contributed by atoms with Crippen molar-refractivity contribution in [1.82, 2.24) is 19.7 Å². The van der Waals surface area contributed by atoms with Crippen molar-refractivity contribution in [2.75, 3.05) is 39.3 Å². The smallest absolute Gasteiger partial charge is 0.282 e. The molecule has 2 fully saturated rings. The van der Waals surface area contributed by atoms with Crippen LogP contribution >= 0.6 is 22.7 Å². The number of benzene rings is 1. The minimum Gasteiger partial charge on any atom is -0.335 e. The Kier molecular flexibility index (Phi) is 5.04. The molecule has 2 saturated heterocycles. The molecule has 0 bridgehead atoms. The summed E-state index contributed by atoms with van der Waals surface area (Å²) < 4.78 is 14.3. The molecule has 9 heteroatoms. The van der Waals surface area contributed by atoms with E-state index < -0.39 is 0 Å². The Labute approximate surface area is 181 Å². The lowest BCUT2D eigenvalue weighted by molar-refractivity contribution is 0.00876. The van der Waals surface area contributed by atoms with Gasteiger partial charge in [0.05, 0.1) is 4.88 Å². The third-order valence-corrected chi connectivity index (χ3v) is 7.98. The van der Waals surface area contributed by atoms with Crippen molar-refractivity contribution in [1.29, 1.82) is 0 Å². The third kappa shape index (κ3) is 3.40. The number of rotatable bonds is 3. The van der Waals surface area contributed by atoms with Gasteiger partial charge in [0.1, 0.15) is 5.82 Å². The van der Waals surface area contributed by atoms with Gasteiger partial charge in [-0.2, -0.15) is 0 Å². The number of piperazine rings is 1. The number of nitrogens with zero attached hydrogens (tertiary/aromatic N) is 4. The third-order valence-electron chi connectivity index (χ3n) is 5.98. The van der Waals surface area contributed by atoms with Gasteiger partial charge in [-0.15, -0.1) is 22.7 Å². The Balaban J connectivity index is 1.18. The minimum absolute atomic E-state index is 0.00624. The molecule has 4 heterocycles. The number of carbonyl (C=O) groups is 2. The second kappa shape index (κ2) is 7.72. The average Bonchev–Trinajstić information content (AvgIpc) is 3.35. The van der Waals surface area contributed by atoms with Gasteiger partial charge in [0.2, 0.25) is 0 Å². The van der Waals surface area contributed by atoms with Gasteiger partial charge in [0, 0.05) is 61.6 Å². The Bertz CT molecular complexity index is 1100. The number of hydrogen-bond acceptors (Lipinski definition) is 6. The van der Waals surface area contributed by atoms with Crippen LogP contribution in [-0.4, -0.2) is 76.8 Å². The van der Waals surface area contributed by atoms with Crippen LogP contribution in [0.25, 0.3) is 10.1 Å². The molecule has 6 nitrogen and oxygen atoms in total. The number of thiazole rings is 1. The number of likely N-dealkylation sites (tertiary alicyclic amines) is 1. The first-order chi connectivity index (χ1) is 14.5. The van der Waals surface area contributed by atoms with E-state index in [2.05, 4.69) is 9.88 Å². The first kappa shape index (κ1) is 19.6. The van der Waals surface area contributed by atoms with Gasteiger partial charge in [0.15, 0.2) is 5.01 Å². The zero-order valence-electron chi connectivity index (χ0n) is 16.5. The van der Waals surface area contributed by atoms with Gasteiger partial charge in [-0.05, 0) is 30.0 Å². The summed E-state index contributed by atoms with van der Waals surface area (Å²) in [4.78, 5) is 36.3. The van der Waals surface area contributed by atoms with Crippen molar-refractivity contribution in [3.05, 3.63) is 51.0 Å². The van der Waals surface area contributed by atoms with Gasteiger partial charge in [-0.3, -0.25) is 14.5 Å². The lowest BCUT2D eigenvalue weighted by atomic mass is 10.0. The van der Waals surface area contributed by atoms with E-state index in [1.54, 1.807) is 12.3 Å². The molecule has 2 aromatic heterocycles. The first-order valence-corrected chi connectivity index (χ1v) is 11.6. The maximum atomic E-state index is 13.5. The zero-order valence-corrected chi connectivity index (χ0v) is 18.1. The second-order valence-corrected chi connectivity index (χ2v) is 9.67. The average molecular weight is 445 g/mol. The van der Waals surface area contributed by atoms with E-state index in [0.29, 0.717) is 42.1 Å². The van der Waals surface area contributed by atoms with E-state index in [4.69, 9.17) is 0 Å². The van der Waals surface area contributed by atoms with Crippen molar-refractivity contribution in [3.8, 4) is 0 Å². The monoisotopic (exact) mass is 444 g/mol. The molecule has 0 atom stereocenters. The maximum absolute atomic E-state index is 13.5. The molecule has 0 saturated carbocycles. The van der Waals surface area contributed by atoms with Crippen molar-refractivity contribution >= 4 is 44.6 Å². The van der Waals surface area contributed by atoms with Crippen molar-refractivity contribution < 1.29 is 14.0 Å². The molecule has 0 aliphatic carbocycles. The number of fused-ring (bicyclic) bond motifs is 1. The summed E-state index contributed by atoms with van der Waals surface area (Å²) in [7, 11) is 0. The molecule has 2 amide bonds. The molecular weight excluding hydrogens is 423 g/mol. The Morgan fingerprint density at radius 3 is 2.57 bits per heavy atom. The summed E-state index contributed by atoms with van der Waals surface area (Å²) in [6, 6.07) is 5.01. The number of halogens is 1. The molecule has 2 aliphatic heterocycles. The van der Waals surface area contributed by atoms with Gasteiger partial charge in [-0.25, -0.2) is 9.37 Å². The van der Waals surface area contributed by atoms with E-state index in [1.165, 1.54) is 34.8 Å². The molecule has 1 aromatic carbocycles. The summed E-state index contributed by atoms with van der Waals surface area (Å²) >= 11 is 2.74. The van der Waals surface area contributed by atoms with Gasteiger partial charge in [-0.1, -0.05) is 6.07 Å². The van der Waals surface area contributed by atoms with Crippen molar-refractivity contribution in [3.63, 3.8) is 0 Å². The minimum atomic E-state index is -0.278. The van der Waals surface area contributed by atoms with E-state index in [9.17, 15) is 14.0 Å². The van der Waals surface area contributed by atoms with Crippen LogP contribution in [0.15, 0.2) is 29.8 Å². The molecule has 0 spiro atoms. The lowest BCUT2D eigenvalue weighted by Crippen LogP contribution is -2.64. The molecule has 156 valence electrons. The summed E-state index contributed by atoms with van der Waals surface area (Å²) in [6.45, 7) is 6.31. The number of aryl methyl sites for hydroxylation is 1.